The Kier molecular flexibility index (Phi) is 3.33. The quantitative estimate of drug-likeness (QED) is 0.802. The standard InChI is InChI=1S/C17H20O2/c1-2-5-12-10-15(18)17-14-7-4-3-6-13(14)8-9-19-16(17)11-12/h2,10-11,18H,1,3-9H2. The second-order valence-electron chi connectivity index (χ2n) is 5.37. The minimum Gasteiger partial charge on any atom is -0.507 e. The molecule has 1 aromatic rings. The van der Waals surface area contributed by atoms with Crippen molar-refractivity contribution in [2.75, 3.05) is 6.61 Å². The first-order valence-electron chi connectivity index (χ1n) is 7.10. The zero-order valence-corrected chi connectivity index (χ0v) is 11.2. The van der Waals surface area contributed by atoms with Gasteiger partial charge in [-0.25, -0.2) is 0 Å². The van der Waals surface area contributed by atoms with E-state index < -0.39 is 0 Å². The highest BCUT2D eigenvalue weighted by atomic mass is 16.5. The lowest BCUT2D eigenvalue weighted by Crippen LogP contribution is -1.99. The normalized spacial score (nSPS) is 18.1. The largest absolute Gasteiger partial charge is 0.507 e. The molecule has 2 nitrogen and oxygen atoms in total. The molecule has 0 spiro atoms. The van der Waals surface area contributed by atoms with E-state index >= 15 is 0 Å². The number of phenolic OH excluding ortho intramolecular Hbond substituents is 1. The zero-order chi connectivity index (χ0) is 13.2. The first-order valence-corrected chi connectivity index (χ1v) is 7.10. The third-order valence-corrected chi connectivity index (χ3v) is 4.07. The molecule has 0 saturated carbocycles. The molecule has 0 bridgehead atoms. The number of benzene rings is 1. The summed E-state index contributed by atoms with van der Waals surface area (Å²) in [5.41, 5.74) is 4.82. The molecule has 100 valence electrons. The summed E-state index contributed by atoms with van der Waals surface area (Å²) in [6.45, 7) is 4.48. The van der Waals surface area contributed by atoms with Crippen molar-refractivity contribution in [1.29, 1.82) is 0 Å². The van der Waals surface area contributed by atoms with Crippen molar-refractivity contribution >= 4 is 5.57 Å². The van der Waals surface area contributed by atoms with Crippen LogP contribution in [0.1, 0.15) is 43.2 Å². The maximum Gasteiger partial charge on any atom is 0.130 e. The predicted molar refractivity (Wildman–Crippen MR) is 77.5 cm³/mol. The summed E-state index contributed by atoms with van der Waals surface area (Å²) >= 11 is 0. The Balaban J connectivity index is 2.12. The third-order valence-electron chi connectivity index (χ3n) is 4.07. The molecule has 19 heavy (non-hydrogen) atoms. The molecule has 0 unspecified atom stereocenters. The van der Waals surface area contributed by atoms with Crippen molar-refractivity contribution in [2.24, 2.45) is 0 Å². The number of hydrogen-bond acceptors (Lipinski definition) is 2. The Hall–Kier alpha value is -1.70. The molecule has 1 aliphatic heterocycles. The summed E-state index contributed by atoms with van der Waals surface area (Å²) in [7, 11) is 0. The molecule has 1 aliphatic carbocycles. The Morgan fingerprint density at radius 3 is 2.89 bits per heavy atom. The highest BCUT2D eigenvalue weighted by Gasteiger charge is 2.24. The Labute approximate surface area is 114 Å². The van der Waals surface area contributed by atoms with Gasteiger partial charge >= 0.3 is 0 Å². The zero-order valence-electron chi connectivity index (χ0n) is 11.2. The summed E-state index contributed by atoms with van der Waals surface area (Å²) in [5.74, 6) is 1.22. The molecule has 0 fully saturated rings. The number of allylic oxidation sites excluding steroid dienone is 2. The summed E-state index contributed by atoms with van der Waals surface area (Å²) in [5, 5.41) is 10.4. The Morgan fingerprint density at radius 1 is 1.21 bits per heavy atom. The molecule has 0 saturated heterocycles. The van der Waals surface area contributed by atoms with Crippen LogP contribution in [0.2, 0.25) is 0 Å². The molecular weight excluding hydrogens is 236 g/mol. The van der Waals surface area contributed by atoms with Crippen molar-refractivity contribution in [2.45, 2.75) is 38.5 Å². The Bertz CT molecular complexity index is 540. The highest BCUT2D eigenvalue weighted by Crippen LogP contribution is 2.44. The van der Waals surface area contributed by atoms with E-state index in [0.29, 0.717) is 5.75 Å². The molecule has 0 aromatic heterocycles. The second kappa shape index (κ2) is 5.12. The maximum atomic E-state index is 10.4. The van der Waals surface area contributed by atoms with Crippen molar-refractivity contribution in [1.82, 2.24) is 0 Å². The first-order chi connectivity index (χ1) is 9.29. The van der Waals surface area contributed by atoms with Gasteiger partial charge in [-0.15, -0.1) is 6.58 Å². The number of fused-ring (bicyclic) bond motifs is 2. The summed E-state index contributed by atoms with van der Waals surface area (Å²) < 4.78 is 5.87. The number of aromatic hydroxyl groups is 1. The van der Waals surface area contributed by atoms with Crippen LogP contribution in [0.3, 0.4) is 0 Å². The van der Waals surface area contributed by atoms with E-state index in [2.05, 4.69) is 12.6 Å². The van der Waals surface area contributed by atoms with Gasteiger partial charge in [-0.1, -0.05) is 11.6 Å². The van der Waals surface area contributed by atoms with Crippen LogP contribution < -0.4 is 4.74 Å². The summed E-state index contributed by atoms with van der Waals surface area (Å²) in [6.07, 6.45) is 8.32. The summed E-state index contributed by atoms with van der Waals surface area (Å²) in [4.78, 5) is 0. The minimum absolute atomic E-state index is 0.366. The van der Waals surface area contributed by atoms with E-state index in [0.717, 1.165) is 49.2 Å². The minimum atomic E-state index is 0.366. The van der Waals surface area contributed by atoms with Crippen molar-refractivity contribution in [3.63, 3.8) is 0 Å². The van der Waals surface area contributed by atoms with Gasteiger partial charge in [0.2, 0.25) is 0 Å². The number of ether oxygens (including phenoxy) is 1. The van der Waals surface area contributed by atoms with Gasteiger partial charge in [0, 0.05) is 6.42 Å². The molecular formula is C17H20O2. The fourth-order valence-electron chi connectivity index (χ4n) is 3.19. The van der Waals surface area contributed by atoms with Gasteiger partial charge in [0.25, 0.3) is 0 Å². The molecule has 1 N–H and O–H groups in total. The van der Waals surface area contributed by atoms with Crippen LogP contribution in [0.5, 0.6) is 11.5 Å². The molecule has 2 aliphatic rings. The van der Waals surface area contributed by atoms with E-state index in [4.69, 9.17) is 4.74 Å². The molecule has 0 amide bonds. The number of hydrogen-bond donors (Lipinski definition) is 1. The number of rotatable bonds is 2. The van der Waals surface area contributed by atoms with Gasteiger partial charge in [-0.05, 0) is 55.4 Å². The van der Waals surface area contributed by atoms with Gasteiger partial charge in [-0.2, -0.15) is 0 Å². The van der Waals surface area contributed by atoms with E-state index in [9.17, 15) is 5.11 Å². The summed E-state index contributed by atoms with van der Waals surface area (Å²) in [6, 6.07) is 3.91. The number of phenols is 1. The molecule has 2 heteroatoms. The van der Waals surface area contributed by atoms with E-state index in [1.165, 1.54) is 24.0 Å². The average molecular weight is 256 g/mol. The molecule has 0 atom stereocenters. The lowest BCUT2D eigenvalue weighted by Gasteiger charge is -2.20. The van der Waals surface area contributed by atoms with Crippen LogP contribution in [0.4, 0.5) is 0 Å². The van der Waals surface area contributed by atoms with Gasteiger partial charge in [0.1, 0.15) is 11.5 Å². The van der Waals surface area contributed by atoms with Crippen LogP contribution in [-0.2, 0) is 6.42 Å². The fraction of sp³-hybridized carbons (Fsp3) is 0.412. The van der Waals surface area contributed by atoms with Gasteiger partial charge in [0.05, 0.1) is 12.2 Å². The monoisotopic (exact) mass is 256 g/mol. The van der Waals surface area contributed by atoms with Crippen molar-refractivity contribution in [3.05, 3.63) is 41.5 Å². The molecule has 1 aromatic carbocycles. The second-order valence-corrected chi connectivity index (χ2v) is 5.37. The van der Waals surface area contributed by atoms with Crippen LogP contribution in [0, 0.1) is 0 Å². The third kappa shape index (κ3) is 2.27. The Morgan fingerprint density at radius 2 is 2.05 bits per heavy atom. The predicted octanol–water partition coefficient (Wildman–Crippen LogP) is 4.23. The topological polar surface area (TPSA) is 29.5 Å². The van der Waals surface area contributed by atoms with E-state index in [1.54, 1.807) is 0 Å². The molecule has 0 radical (unpaired) electrons. The highest BCUT2D eigenvalue weighted by molar-refractivity contribution is 5.79. The van der Waals surface area contributed by atoms with Crippen LogP contribution in [0.15, 0.2) is 30.4 Å². The smallest absolute Gasteiger partial charge is 0.130 e. The van der Waals surface area contributed by atoms with Crippen LogP contribution in [-0.4, -0.2) is 11.7 Å². The van der Waals surface area contributed by atoms with Crippen molar-refractivity contribution < 1.29 is 9.84 Å². The molecule has 1 heterocycles. The van der Waals surface area contributed by atoms with Crippen LogP contribution in [0.25, 0.3) is 5.57 Å². The van der Waals surface area contributed by atoms with Gasteiger partial charge < -0.3 is 9.84 Å². The molecule has 3 rings (SSSR count). The maximum absolute atomic E-state index is 10.4. The fourth-order valence-corrected chi connectivity index (χ4v) is 3.19. The van der Waals surface area contributed by atoms with Gasteiger partial charge in [-0.3, -0.25) is 0 Å². The lowest BCUT2D eigenvalue weighted by atomic mass is 9.85. The lowest BCUT2D eigenvalue weighted by molar-refractivity contribution is 0.320. The first kappa shape index (κ1) is 12.3. The van der Waals surface area contributed by atoms with Crippen molar-refractivity contribution in [3.8, 4) is 11.5 Å². The van der Waals surface area contributed by atoms with E-state index in [-0.39, 0.29) is 0 Å². The SMILES string of the molecule is C=CCc1cc(O)c2c(c1)OCCC1=C2CCCC1. The average Bonchev–Trinajstić information content (AvgIpc) is 2.58. The van der Waals surface area contributed by atoms with E-state index in [1.807, 2.05) is 12.1 Å². The van der Waals surface area contributed by atoms with Gasteiger partial charge in [0.15, 0.2) is 0 Å². The van der Waals surface area contributed by atoms with Crippen LogP contribution >= 0.6 is 0 Å².